The molecule has 26 heavy (non-hydrogen) atoms. The van der Waals surface area contributed by atoms with Gasteiger partial charge in [0.2, 0.25) is 5.82 Å². The average Bonchev–Trinajstić information content (AvgIpc) is 3.33. The van der Waals surface area contributed by atoms with E-state index in [1.165, 1.54) is 11.8 Å². The molecule has 0 spiro atoms. The van der Waals surface area contributed by atoms with E-state index in [4.69, 9.17) is 9.68 Å². The maximum absolute atomic E-state index is 9.26. The Hall–Kier alpha value is -3.03. The molecule has 0 fully saturated rings. The lowest BCUT2D eigenvalue weighted by molar-refractivity contribution is 0.569. The summed E-state index contributed by atoms with van der Waals surface area (Å²) in [6.07, 6.45) is 2.56. The van der Waals surface area contributed by atoms with Gasteiger partial charge in [0.15, 0.2) is 10.9 Å². The first-order valence-electron chi connectivity index (χ1n) is 8.22. The summed E-state index contributed by atoms with van der Waals surface area (Å²) < 4.78 is 7.49. The molecule has 0 saturated heterocycles. The Bertz CT molecular complexity index is 906. The van der Waals surface area contributed by atoms with Gasteiger partial charge in [0, 0.05) is 12.2 Å². The molecule has 1 atom stereocenters. The van der Waals surface area contributed by atoms with E-state index in [1.807, 2.05) is 47.0 Å². The van der Waals surface area contributed by atoms with Crippen molar-refractivity contribution < 1.29 is 4.42 Å². The highest BCUT2D eigenvalue weighted by molar-refractivity contribution is 7.99. The molecule has 2 aromatic heterocycles. The molecule has 1 aromatic carbocycles. The highest BCUT2D eigenvalue weighted by Gasteiger charge is 2.18. The number of hydrogen-bond donors (Lipinski definition) is 0. The number of hydrogen-bond acceptors (Lipinski definition) is 6. The van der Waals surface area contributed by atoms with Crippen LogP contribution in [-0.4, -0.2) is 20.5 Å². The summed E-state index contributed by atoms with van der Waals surface area (Å²) in [5.41, 5.74) is 1.13. The van der Waals surface area contributed by atoms with E-state index in [0.29, 0.717) is 36.7 Å². The van der Waals surface area contributed by atoms with Crippen molar-refractivity contribution in [3.8, 4) is 23.7 Å². The van der Waals surface area contributed by atoms with Gasteiger partial charge in [-0.05, 0) is 24.1 Å². The van der Waals surface area contributed by atoms with Crippen LogP contribution >= 0.6 is 11.8 Å². The Balaban J connectivity index is 1.83. The molecule has 3 rings (SSSR count). The minimum absolute atomic E-state index is 0.186. The van der Waals surface area contributed by atoms with E-state index in [0.717, 1.165) is 10.7 Å². The van der Waals surface area contributed by atoms with Crippen molar-refractivity contribution >= 4 is 11.8 Å². The Kier molecular flexibility index (Phi) is 6.08. The molecule has 0 aliphatic rings. The highest BCUT2D eigenvalue weighted by atomic mass is 32.2. The topological polar surface area (TPSA) is 91.4 Å². The Morgan fingerprint density at radius 2 is 1.96 bits per heavy atom. The lowest BCUT2D eigenvalue weighted by Gasteiger charge is -2.10. The number of nitriles is 2. The van der Waals surface area contributed by atoms with Crippen molar-refractivity contribution in [3.05, 3.63) is 54.3 Å². The lowest BCUT2D eigenvalue weighted by Crippen LogP contribution is -2.06. The molecular formula is C19H17N5OS. The van der Waals surface area contributed by atoms with Crippen LogP contribution in [0.1, 0.15) is 18.4 Å². The molecular weight excluding hydrogens is 346 g/mol. The van der Waals surface area contributed by atoms with E-state index in [2.05, 4.69) is 22.3 Å². The third-order valence-electron chi connectivity index (χ3n) is 3.84. The molecule has 6 nitrogen and oxygen atoms in total. The predicted molar refractivity (Wildman–Crippen MR) is 97.9 cm³/mol. The van der Waals surface area contributed by atoms with Crippen LogP contribution in [0.25, 0.3) is 11.6 Å². The molecule has 0 bridgehead atoms. The third kappa shape index (κ3) is 4.33. The van der Waals surface area contributed by atoms with Crippen LogP contribution in [0.5, 0.6) is 0 Å². The van der Waals surface area contributed by atoms with Crippen LogP contribution in [0.3, 0.4) is 0 Å². The molecule has 3 aromatic rings. The summed E-state index contributed by atoms with van der Waals surface area (Å²) in [5.74, 6) is 1.70. The monoisotopic (exact) mass is 363 g/mol. The summed E-state index contributed by atoms with van der Waals surface area (Å²) in [4.78, 5) is 0. The predicted octanol–water partition coefficient (Wildman–Crippen LogP) is 4.12. The molecule has 0 saturated carbocycles. The number of aromatic nitrogens is 3. The third-order valence-corrected chi connectivity index (χ3v) is 4.97. The van der Waals surface area contributed by atoms with Crippen LogP contribution in [0.4, 0.5) is 0 Å². The molecule has 2 heterocycles. The first kappa shape index (κ1) is 17.8. The van der Waals surface area contributed by atoms with Gasteiger partial charge in [-0.15, -0.1) is 10.2 Å². The van der Waals surface area contributed by atoms with Gasteiger partial charge in [-0.25, -0.2) is 0 Å². The number of thioether (sulfide) groups is 1. The number of benzene rings is 1. The van der Waals surface area contributed by atoms with Crippen molar-refractivity contribution in [1.82, 2.24) is 14.8 Å². The zero-order valence-corrected chi connectivity index (χ0v) is 14.9. The second kappa shape index (κ2) is 8.89. The molecule has 7 heteroatoms. The molecule has 0 aliphatic carbocycles. The van der Waals surface area contributed by atoms with E-state index in [1.54, 1.807) is 6.26 Å². The van der Waals surface area contributed by atoms with E-state index < -0.39 is 0 Å². The van der Waals surface area contributed by atoms with Gasteiger partial charge in [0.25, 0.3) is 0 Å². The van der Waals surface area contributed by atoms with Gasteiger partial charge < -0.3 is 4.42 Å². The fourth-order valence-electron chi connectivity index (χ4n) is 2.49. The molecule has 0 unspecified atom stereocenters. The standard InChI is InChI=1S/C19H17N5OS/c20-10-4-8-16(12-21)14-26-19-23-22-18(17-9-5-11-25-17)24(19)13-15-6-2-1-3-7-15/h1-3,5-7,9,11,16H,4,8,13-14H2/t16-/m1/s1. The summed E-state index contributed by atoms with van der Waals surface area (Å²) in [6.45, 7) is 0.613. The van der Waals surface area contributed by atoms with Crippen molar-refractivity contribution in [2.75, 3.05) is 5.75 Å². The molecule has 0 aliphatic heterocycles. The van der Waals surface area contributed by atoms with Gasteiger partial charge >= 0.3 is 0 Å². The average molecular weight is 363 g/mol. The number of rotatable bonds is 8. The Morgan fingerprint density at radius 1 is 1.12 bits per heavy atom. The van der Waals surface area contributed by atoms with Crippen molar-refractivity contribution in [1.29, 1.82) is 10.5 Å². The Labute approximate surface area is 156 Å². The zero-order chi connectivity index (χ0) is 18.2. The summed E-state index contributed by atoms with van der Waals surface area (Å²) in [6, 6.07) is 18.1. The summed E-state index contributed by atoms with van der Waals surface area (Å²) >= 11 is 1.48. The van der Waals surface area contributed by atoms with Crippen LogP contribution in [-0.2, 0) is 6.54 Å². The normalized spacial score (nSPS) is 11.6. The van der Waals surface area contributed by atoms with Gasteiger partial charge in [0.05, 0.1) is 30.9 Å². The number of furan rings is 1. The highest BCUT2D eigenvalue weighted by Crippen LogP contribution is 2.27. The van der Waals surface area contributed by atoms with E-state index in [9.17, 15) is 5.26 Å². The maximum atomic E-state index is 9.26. The fourth-order valence-corrected chi connectivity index (χ4v) is 3.49. The summed E-state index contributed by atoms with van der Waals surface area (Å²) in [7, 11) is 0. The minimum Gasteiger partial charge on any atom is -0.461 e. The van der Waals surface area contributed by atoms with Crippen molar-refractivity contribution in [2.24, 2.45) is 5.92 Å². The number of nitrogens with zero attached hydrogens (tertiary/aromatic N) is 5. The van der Waals surface area contributed by atoms with Crippen LogP contribution < -0.4 is 0 Å². The Morgan fingerprint density at radius 3 is 2.65 bits per heavy atom. The largest absolute Gasteiger partial charge is 0.461 e. The first-order valence-corrected chi connectivity index (χ1v) is 9.20. The van der Waals surface area contributed by atoms with Crippen molar-refractivity contribution in [2.45, 2.75) is 24.5 Å². The van der Waals surface area contributed by atoms with Crippen molar-refractivity contribution in [3.63, 3.8) is 0 Å². The van der Waals surface area contributed by atoms with E-state index >= 15 is 0 Å². The summed E-state index contributed by atoms with van der Waals surface area (Å²) in [5, 5.41) is 27.3. The zero-order valence-electron chi connectivity index (χ0n) is 14.1. The molecule has 0 radical (unpaired) electrons. The SMILES string of the molecule is N#CCC[C@H](C#N)CSc1nnc(-c2ccco2)n1Cc1ccccc1. The van der Waals surface area contributed by atoms with Gasteiger partial charge in [-0.3, -0.25) is 4.57 Å². The second-order valence-corrected chi connectivity index (χ2v) is 6.68. The van der Waals surface area contributed by atoms with Gasteiger partial charge in [-0.2, -0.15) is 10.5 Å². The smallest absolute Gasteiger partial charge is 0.200 e. The molecule has 130 valence electrons. The lowest BCUT2D eigenvalue weighted by atomic mass is 10.1. The fraction of sp³-hybridized carbons (Fsp3) is 0.263. The molecule has 0 amide bonds. The van der Waals surface area contributed by atoms with Crippen LogP contribution in [0, 0.1) is 28.6 Å². The minimum atomic E-state index is -0.186. The quantitative estimate of drug-likeness (QED) is 0.559. The first-order chi connectivity index (χ1) is 12.8. The van der Waals surface area contributed by atoms with Crippen LogP contribution in [0.15, 0.2) is 58.3 Å². The second-order valence-electron chi connectivity index (χ2n) is 5.69. The van der Waals surface area contributed by atoms with Crippen LogP contribution in [0.2, 0.25) is 0 Å². The maximum Gasteiger partial charge on any atom is 0.200 e. The van der Waals surface area contributed by atoms with E-state index in [-0.39, 0.29) is 5.92 Å². The van der Waals surface area contributed by atoms with Gasteiger partial charge in [-0.1, -0.05) is 42.1 Å². The van der Waals surface area contributed by atoms with Gasteiger partial charge in [0.1, 0.15) is 0 Å². The molecule has 0 N–H and O–H groups in total.